The van der Waals surface area contributed by atoms with Crippen molar-refractivity contribution < 1.29 is 9.47 Å². The van der Waals surface area contributed by atoms with Crippen molar-refractivity contribution in [2.24, 2.45) is 5.92 Å². The first-order valence-corrected chi connectivity index (χ1v) is 5.88. The number of hydrogen-bond donors (Lipinski definition) is 0. The number of benzene rings is 1. The minimum atomic E-state index is 0.580. The highest BCUT2D eigenvalue weighted by molar-refractivity contribution is 5.46. The van der Waals surface area contributed by atoms with E-state index in [1.165, 1.54) is 0 Å². The van der Waals surface area contributed by atoms with Crippen molar-refractivity contribution in [1.29, 1.82) is 5.26 Å². The summed E-state index contributed by atoms with van der Waals surface area (Å²) >= 11 is 0. The van der Waals surface area contributed by atoms with Crippen LogP contribution in [0.3, 0.4) is 0 Å². The van der Waals surface area contributed by atoms with Crippen LogP contribution in [0.2, 0.25) is 0 Å². The van der Waals surface area contributed by atoms with Gasteiger partial charge in [-0.3, -0.25) is 0 Å². The third-order valence-electron chi connectivity index (χ3n) is 2.48. The molecule has 3 nitrogen and oxygen atoms in total. The number of methoxy groups -OCH3 is 1. The molecule has 0 bridgehead atoms. The maximum atomic E-state index is 8.78. The summed E-state index contributed by atoms with van der Waals surface area (Å²) in [6.07, 6.45) is 2.18. The zero-order chi connectivity index (χ0) is 12.7. The predicted molar refractivity (Wildman–Crippen MR) is 67.3 cm³/mol. The Bertz CT molecular complexity index is 394. The normalized spacial score (nSPS) is 10.1. The summed E-state index contributed by atoms with van der Waals surface area (Å²) < 4.78 is 10.8. The molecule has 0 spiro atoms. The van der Waals surface area contributed by atoms with Gasteiger partial charge in [-0.2, -0.15) is 5.26 Å². The van der Waals surface area contributed by atoms with Crippen LogP contribution in [0.15, 0.2) is 18.2 Å². The van der Waals surface area contributed by atoms with Gasteiger partial charge in [-0.15, -0.1) is 0 Å². The van der Waals surface area contributed by atoms with E-state index in [-0.39, 0.29) is 0 Å². The van der Waals surface area contributed by atoms with Crippen molar-refractivity contribution in [3.63, 3.8) is 0 Å². The molecule has 0 saturated carbocycles. The standard InChI is InChI=1S/C14H19NO2/c1-11(2)5-4-8-17-13-7-6-12(10-15)9-14(13)16-3/h6-7,9,11H,4-5,8H2,1-3H3. The van der Waals surface area contributed by atoms with Gasteiger partial charge in [-0.25, -0.2) is 0 Å². The maximum absolute atomic E-state index is 8.78. The number of nitriles is 1. The van der Waals surface area contributed by atoms with Crippen LogP contribution in [-0.2, 0) is 0 Å². The fourth-order valence-electron chi connectivity index (χ4n) is 1.53. The molecule has 0 aliphatic heterocycles. The Balaban J connectivity index is 2.56. The fraction of sp³-hybridized carbons (Fsp3) is 0.500. The molecule has 0 aromatic heterocycles. The summed E-state index contributed by atoms with van der Waals surface area (Å²) in [6, 6.07) is 7.29. The second-order valence-electron chi connectivity index (χ2n) is 4.36. The van der Waals surface area contributed by atoms with E-state index in [0.717, 1.165) is 12.8 Å². The highest BCUT2D eigenvalue weighted by Crippen LogP contribution is 2.28. The molecule has 1 rings (SSSR count). The highest BCUT2D eigenvalue weighted by atomic mass is 16.5. The van der Waals surface area contributed by atoms with Crippen LogP contribution in [0.5, 0.6) is 11.5 Å². The van der Waals surface area contributed by atoms with E-state index in [2.05, 4.69) is 19.9 Å². The van der Waals surface area contributed by atoms with Gasteiger partial charge in [-0.1, -0.05) is 13.8 Å². The summed E-state index contributed by atoms with van der Waals surface area (Å²) in [4.78, 5) is 0. The molecule has 1 aromatic rings. The van der Waals surface area contributed by atoms with Gasteiger partial charge >= 0.3 is 0 Å². The van der Waals surface area contributed by atoms with Crippen molar-refractivity contribution >= 4 is 0 Å². The van der Waals surface area contributed by atoms with Crippen LogP contribution >= 0.6 is 0 Å². The number of rotatable bonds is 6. The van der Waals surface area contributed by atoms with E-state index in [1.807, 2.05) is 0 Å². The quantitative estimate of drug-likeness (QED) is 0.707. The molecule has 0 saturated heterocycles. The Morgan fingerprint density at radius 1 is 1.29 bits per heavy atom. The number of nitrogens with zero attached hydrogens (tertiary/aromatic N) is 1. The van der Waals surface area contributed by atoms with Crippen LogP contribution in [0.25, 0.3) is 0 Å². The molecule has 0 atom stereocenters. The molecule has 1 aromatic carbocycles. The van der Waals surface area contributed by atoms with Crippen molar-refractivity contribution in [2.45, 2.75) is 26.7 Å². The molecule has 17 heavy (non-hydrogen) atoms. The summed E-state index contributed by atoms with van der Waals surface area (Å²) in [5.74, 6) is 2.02. The molecule has 0 radical (unpaired) electrons. The molecular formula is C14H19NO2. The Morgan fingerprint density at radius 3 is 2.65 bits per heavy atom. The fourth-order valence-corrected chi connectivity index (χ4v) is 1.53. The highest BCUT2D eigenvalue weighted by Gasteiger charge is 2.05. The van der Waals surface area contributed by atoms with Crippen molar-refractivity contribution in [2.75, 3.05) is 13.7 Å². The number of ether oxygens (including phenoxy) is 2. The van der Waals surface area contributed by atoms with Crippen molar-refractivity contribution in [3.8, 4) is 17.6 Å². The van der Waals surface area contributed by atoms with Crippen LogP contribution in [0.1, 0.15) is 32.3 Å². The summed E-state index contributed by atoms with van der Waals surface area (Å²) in [5, 5.41) is 8.78. The predicted octanol–water partition coefficient (Wildman–Crippen LogP) is 3.38. The average molecular weight is 233 g/mol. The molecule has 92 valence electrons. The largest absolute Gasteiger partial charge is 0.493 e. The summed E-state index contributed by atoms with van der Waals surface area (Å²) in [5.41, 5.74) is 0.580. The minimum absolute atomic E-state index is 0.580. The maximum Gasteiger partial charge on any atom is 0.162 e. The lowest BCUT2D eigenvalue weighted by molar-refractivity contribution is 0.279. The second-order valence-corrected chi connectivity index (χ2v) is 4.36. The summed E-state index contributed by atoms with van der Waals surface area (Å²) in [7, 11) is 1.58. The molecule has 0 N–H and O–H groups in total. The molecule has 0 heterocycles. The van der Waals surface area contributed by atoms with Gasteiger partial charge in [0, 0.05) is 6.07 Å². The van der Waals surface area contributed by atoms with Gasteiger partial charge in [0.05, 0.1) is 25.3 Å². The van der Waals surface area contributed by atoms with E-state index < -0.39 is 0 Å². The molecule has 0 unspecified atom stereocenters. The SMILES string of the molecule is COc1cc(C#N)ccc1OCCCC(C)C. The topological polar surface area (TPSA) is 42.2 Å². The summed E-state index contributed by atoms with van der Waals surface area (Å²) in [6.45, 7) is 5.07. The van der Waals surface area contributed by atoms with Crippen LogP contribution in [0, 0.1) is 17.2 Å². The minimum Gasteiger partial charge on any atom is -0.493 e. The van der Waals surface area contributed by atoms with Gasteiger partial charge in [0.25, 0.3) is 0 Å². The van der Waals surface area contributed by atoms with E-state index in [9.17, 15) is 0 Å². The van der Waals surface area contributed by atoms with Gasteiger partial charge in [0.2, 0.25) is 0 Å². The first kappa shape index (κ1) is 13.4. The molecule has 0 amide bonds. The van der Waals surface area contributed by atoms with E-state index >= 15 is 0 Å². The van der Waals surface area contributed by atoms with Crippen LogP contribution in [-0.4, -0.2) is 13.7 Å². The molecule has 0 fully saturated rings. The first-order chi connectivity index (χ1) is 8.17. The van der Waals surface area contributed by atoms with Crippen molar-refractivity contribution in [3.05, 3.63) is 23.8 Å². The molecule has 0 aliphatic carbocycles. The lowest BCUT2D eigenvalue weighted by Gasteiger charge is -2.11. The zero-order valence-corrected chi connectivity index (χ0v) is 10.7. The second kappa shape index (κ2) is 6.80. The van der Waals surface area contributed by atoms with Crippen molar-refractivity contribution in [1.82, 2.24) is 0 Å². The van der Waals surface area contributed by atoms with E-state index in [1.54, 1.807) is 25.3 Å². The zero-order valence-electron chi connectivity index (χ0n) is 10.7. The third-order valence-corrected chi connectivity index (χ3v) is 2.48. The van der Waals surface area contributed by atoms with Gasteiger partial charge in [0.15, 0.2) is 11.5 Å². The Labute approximate surface area is 103 Å². The van der Waals surface area contributed by atoms with Gasteiger partial charge in [-0.05, 0) is 30.9 Å². The van der Waals surface area contributed by atoms with Crippen LogP contribution < -0.4 is 9.47 Å². The molecule has 0 aliphatic rings. The average Bonchev–Trinajstić information content (AvgIpc) is 2.34. The first-order valence-electron chi connectivity index (χ1n) is 5.88. The monoisotopic (exact) mass is 233 g/mol. The molecular weight excluding hydrogens is 214 g/mol. The lowest BCUT2D eigenvalue weighted by Crippen LogP contribution is -2.01. The lowest BCUT2D eigenvalue weighted by atomic mass is 10.1. The van der Waals surface area contributed by atoms with E-state index in [4.69, 9.17) is 14.7 Å². The third kappa shape index (κ3) is 4.36. The van der Waals surface area contributed by atoms with Crippen LogP contribution in [0.4, 0.5) is 0 Å². The molecule has 3 heteroatoms. The van der Waals surface area contributed by atoms with E-state index in [0.29, 0.717) is 29.6 Å². The van der Waals surface area contributed by atoms with Gasteiger partial charge < -0.3 is 9.47 Å². The Morgan fingerprint density at radius 2 is 2.06 bits per heavy atom. The van der Waals surface area contributed by atoms with Gasteiger partial charge in [0.1, 0.15) is 0 Å². The number of hydrogen-bond acceptors (Lipinski definition) is 3. The Kier molecular flexibility index (Phi) is 5.35. The smallest absolute Gasteiger partial charge is 0.162 e. The Hall–Kier alpha value is -1.69.